The lowest BCUT2D eigenvalue weighted by molar-refractivity contribution is 0.0366. The van der Waals surface area contributed by atoms with E-state index in [0.29, 0.717) is 23.0 Å². The van der Waals surface area contributed by atoms with E-state index in [1.165, 1.54) is 39.0 Å². The molecule has 2 atom stereocenters. The van der Waals surface area contributed by atoms with Crippen LogP contribution in [-0.2, 0) is 0 Å². The molecule has 1 saturated heterocycles. The first-order valence-electron chi connectivity index (χ1n) is 7.46. The molecule has 1 saturated carbocycles. The Kier molecular flexibility index (Phi) is 3.79. The summed E-state index contributed by atoms with van der Waals surface area (Å²) in [5.41, 5.74) is 7.09. The van der Waals surface area contributed by atoms with Crippen molar-refractivity contribution in [3.63, 3.8) is 0 Å². The largest absolute Gasteiger partial charge is 0.326 e. The second-order valence-corrected chi connectivity index (χ2v) is 7.81. The van der Waals surface area contributed by atoms with Crippen molar-refractivity contribution in [2.45, 2.75) is 65.1 Å². The molecule has 0 aromatic rings. The van der Waals surface area contributed by atoms with E-state index in [1.54, 1.807) is 0 Å². The smallest absolute Gasteiger partial charge is 0.0253 e. The first kappa shape index (κ1) is 14.3. The van der Waals surface area contributed by atoms with Gasteiger partial charge in [-0.2, -0.15) is 0 Å². The van der Waals surface area contributed by atoms with E-state index in [2.05, 4.69) is 44.4 Å². The summed E-state index contributed by atoms with van der Waals surface area (Å²) in [6, 6.07) is 0.959. The van der Waals surface area contributed by atoms with E-state index in [-0.39, 0.29) is 0 Å². The maximum absolute atomic E-state index is 6.45. The van der Waals surface area contributed by atoms with Crippen LogP contribution in [0.3, 0.4) is 0 Å². The van der Waals surface area contributed by atoms with Gasteiger partial charge >= 0.3 is 0 Å². The van der Waals surface area contributed by atoms with Crippen LogP contribution in [-0.4, -0.2) is 53.6 Å². The third-order valence-electron chi connectivity index (χ3n) is 5.13. The summed E-state index contributed by atoms with van der Waals surface area (Å²) in [5, 5.41) is 0. The van der Waals surface area contributed by atoms with Crippen molar-refractivity contribution < 1.29 is 0 Å². The minimum Gasteiger partial charge on any atom is -0.326 e. The molecule has 0 radical (unpaired) electrons. The number of piperazine rings is 1. The van der Waals surface area contributed by atoms with Gasteiger partial charge in [0.15, 0.2) is 0 Å². The van der Waals surface area contributed by atoms with Gasteiger partial charge in [-0.1, -0.05) is 13.8 Å². The lowest BCUT2D eigenvalue weighted by atomic mass is 9.87. The minimum atomic E-state index is 0.309. The van der Waals surface area contributed by atoms with Crippen molar-refractivity contribution in [1.29, 1.82) is 0 Å². The molecule has 3 heteroatoms. The third kappa shape index (κ3) is 2.73. The molecule has 3 nitrogen and oxygen atoms in total. The van der Waals surface area contributed by atoms with Gasteiger partial charge in [0.2, 0.25) is 0 Å². The Bertz CT molecular complexity index is 285. The molecule has 2 aliphatic rings. The van der Waals surface area contributed by atoms with Crippen LogP contribution in [0, 0.1) is 5.41 Å². The van der Waals surface area contributed by atoms with E-state index in [4.69, 9.17) is 5.73 Å². The van der Waals surface area contributed by atoms with Crippen LogP contribution in [0.25, 0.3) is 0 Å². The fraction of sp³-hybridized carbons (Fsp3) is 1.00. The highest BCUT2D eigenvalue weighted by atomic mass is 15.3. The zero-order chi connectivity index (χ0) is 13.6. The molecule has 1 aliphatic heterocycles. The molecule has 106 valence electrons. The summed E-state index contributed by atoms with van der Waals surface area (Å²) in [5.74, 6) is 0. The predicted molar refractivity (Wildman–Crippen MR) is 77.7 cm³/mol. The second kappa shape index (κ2) is 4.77. The lowest BCUT2D eigenvalue weighted by Crippen LogP contribution is -2.58. The van der Waals surface area contributed by atoms with Crippen molar-refractivity contribution >= 4 is 0 Å². The van der Waals surface area contributed by atoms with Gasteiger partial charge in [-0.05, 0) is 39.0 Å². The second-order valence-electron chi connectivity index (χ2n) is 7.81. The first-order chi connectivity index (χ1) is 8.22. The highest BCUT2D eigenvalue weighted by molar-refractivity contribution is 5.00. The Balaban J connectivity index is 1.91. The summed E-state index contributed by atoms with van der Waals surface area (Å²) in [6.45, 7) is 16.3. The lowest BCUT2D eigenvalue weighted by Gasteiger charge is -2.45. The Morgan fingerprint density at radius 1 is 1.06 bits per heavy atom. The van der Waals surface area contributed by atoms with Crippen LogP contribution < -0.4 is 5.73 Å². The summed E-state index contributed by atoms with van der Waals surface area (Å²) in [7, 11) is 0. The zero-order valence-electron chi connectivity index (χ0n) is 12.9. The highest BCUT2D eigenvalue weighted by Gasteiger charge is 2.43. The summed E-state index contributed by atoms with van der Waals surface area (Å²) < 4.78 is 0. The van der Waals surface area contributed by atoms with Crippen LogP contribution in [0.4, 0.5) is 0 Å². The van der Waals surface area contributed by atoms with Crippen LogP contribution in [0.15, 0.2) is 0 Å². The van der Waals surface area contributed by atoms with Crippen LogP contribution in [0.5, 0.6) is 0 Å². The van der Waals surface area contributed by atoms with Crippen molar-refractivity contribution in [3.8, 4) is 0 Å². The predicted octanol–water partition coefficient (Wildman–Crippen LogP) is 1.92. The molecule has 1 heterocycles. The summed E-state index contributed by atoms with van der Waals surface area (Å²) in [6.07, 6.45) is 2.56. The van der Waals surface area contributed by atoms with Gasteiger partial charge < -0.3 is 5.73 Å². The average molecular weight is 253 g/mol. The molecule has 2 fully saturated rings. The van der Waals surface area contributed by atoms with Gasteiger partial charge in [0, 0.05) is 43.8 Å². The maximum Gasteiger partial charge on any atom is 0.0253 e. The zero-order valence-corrected chi connectivity index (χ0v) is 12.9. The van der Waals surface area contributed by atoms with Gasteiger partial charge in [-0.25, -0.2) is 0 Å². The number of rotatable bonds is 1. The van der Waals surface area contributed by atoms with Gasteiger partial charge in [0.05, 0.1) is 0 Å². The Morgan fingerprint density at radius 2 is 1.61 bits per heavy atom. The monoisotopic (exact) mass is 253 g/mol. The van der Waals surface area contributed by atoms with Crippen LogP contribution in [0.2, 0.25) is 0 Å². The summed E-state index contributed by atoms with van der Waals surface area (Å²) in [4.78, 5) is 5.23. The molecule has 0 bridgehead atoms. The van der Waals surface area contributed by atoms with Crippen molar-refractivity contribution in [2.75, 3.05) is 26.2 Å². The molecule has 2 rings (SSSR count). The number of nitrogens with two attached hydrogens (primary N) is 1. The van der Waals surface area contributed by atoms with Gasteiger partial charge in [-0.3, -0.25) is 9.80 Å². The highest BCUT2D eigenvalue weighted by Crippen LogP contribution is 2.38. The Morgan fingerprint density at radius 3 is 2.00 bits per heavy atom. The van der Waals surface area contributed by atoms with Crippen molar-refractivity contribution in [2.24, 2.45) is 11.1 Å². The fourth-order valence-electron chi connectivity index (χ4n) is 3.52. The van der Waals surface area contributed by atoms with Gasteiger partial charge in [0.25, 0.3) is 0 Å². The van der Waals surface area contributed by atoms with Gasteiger partial charge in [0.1, 0.15) is 0 Å². The number of nitrogens with zero attached hydrogens (tertiary/aromatic N) is 2. The number of hydrogen-bond donors (Lipinski definition) is 1. The van der Waals surface area contributed by atoms with Crippen LogP contribution >= 0.6 is 0 Å². The molecule has 2 N–H and O–H groups in total. The van der Waals surface area contributed by atoms with Gasteiger partial charge in [-0.15, -0.1) is 0 Å². The van der Waals surface area contributed by atoms with Crippen LogP contribution in [0.1, 0.15) is 47.5 Å². The molecule has 2 unspecified atom stereocenters. The van der Waals surface area contributed by atoms with E-state index < -0.39 is 0 Å². The van der Waals surface area contributed by atoms with Crippen molar-refractivity contribution in [1.82, 2.24) is 9.80 Å². The molecule has 0 aromatic carbocycles. The van der Waals surface area contributed by atoms with E-state index in [1.807, 2.05) is 0 Å². The standard InChI is InChI=1S/C15H31N3/c1-14(2,3)18-10-8-17(9-11-18)12-6-7-15(4,5)13(12)16/h12-13H,6-11,16H2,1-5H3. The molecule has 18 heavy (non-hydrogen) atoms. The molecule has 0 aromatic heterocycles. The average Bonchev–Trinajstić information content (AvgIpc) is 2.53. The maximum atomic E-state index is 6.45. The Labute approximate surface area is 113 Å². The Hall–Kier alpha value is -0.120. The SMILES string of the molecule is CC1(C)CCC(N2CCN(C(C)(C)C)CC2)C1N. The van der Waals surface area contributed by atoms with Crippen molar-refractivity contribution in [3.05, 3.63) is 0 Å². The molecule has 1 aliphatic carbocycles. The van der Waals surface area contributed by atoms with E-state index >= 15 is 0 Å². The normalized spacial score (nSPS) is 35.0. The molecular formula is C15H31N3. The fourth-order valence-corrected chi connectivity index (χ4v) is 3.52. The third-order valence-corrected chi connectivity index (χ3v) is 5.13. The number of hydrogen-bond acceptors (Lipinski definition) is 3. The van der Waals surface area contributed by atoms with E-state index in [0.717, 1.165) is 0 Å². The topological polar surface area (TPSA) is 32.5 Å². The van der Waals surface area contributed by atoms with E-state index in [9.17, 15) is 0 Å². The summed E-state index contributed by atoms with van der Waals surface area (Å²) >= 11 is 0. The minimum absolute atomic E-state index is 0.309. The molecule has 0 amide bonds. The quantitative estimate of drug-likeness (QED) is 0.775. The first-order valence-corrected chi connectivity index (χ1v) is 7.46. The molecule has 0 spiro atoms. The molecular weight excluding hydrogens is 222 g/mol.